The molecule has 1 atom stereocenters. The molecule has 1 heterocycles. The molecule has 103 valence electrons. The molecule has 1 aromatic rings. The van der Waals surface area contributed by atoms with Crippen molar-refractivity contribution in [2.75, 3.05) is 6.61 Å². The minimum Gasteiger partial charge on any atom is -0.507 e. The molecule has 0 spiro atoms. The maximum absolute atomic E-state index is 10.2. The molecule has 4 nitrogen and oxygen atoms in total. The van der Waals surface area contributed by atoms with E-state index in [4.69, 9.17) is 9.47 Å². The van der Waals surface area contributed by atoms with Crippen molar-refractivity contribution in [1.82, 2.24) is 0 Å². The summed E-state index contributed by atoms with van der Waals surface area (Å²) >= 11 is 0. The van der Waals surface area contributed by atoms with Gasteiger partial charge in [0.1, 0.15) is 23.7 Å². The number of aromatic hydroxyl groups is 1. The van der Waals surface area contributed by atoms with E-state index in [0.29, 0.717) is 5.75 Å². The molecule has 0 aromatic heterocycles. The van der Waals surface area contributed by atoms with Crippen molar-refractivity contribution in [1.29, 1.82) is 0 Å². The topological polar surface area (TPSA) is 55.8 Å². The van der Waals surface area contributed by atoms with Crippen molar-refractivity contribution in [3.05, 3.63) is 22.3 Å². The van der Waals surface area contributed by atoms with E-state index >= 15 is 0 Å². The van der Waals surface area contributed by atoms with Crippen LogP contribution < -0.4 is 4.74 Å². The third-order valence-corrected chi connectivity index (χ3v) is 4.03. The van der Waals surface area contributed by atoms with Crippen LogP contribution in [-0.2, 0) is 16.0 Å². The molecule has 0 aliphatic carbocycles. The summed E-state index contributed by atoms with van der Waals surface area (Å²) in [5.41, 5.74) is 3.18. The lowest BCUT2D eigenvalue weighted by molar-refractivity contribution is 0.0113. The summed E-state index contributed by atoms with van der Waals surface area (Å²) in [5.74, 6) is 1.16. The maximum Gasteiger partial charge on any atom is 0.417 e. The molecule has 1 aliphatic heterocycles. The van der Waals surface area contributed by atoms with E-state index in [0.717, 1.165) is 40.8 Å². The van der Waals surface area contributed by atoms with E-state index in [-0.39, 0.29) is 6.61 Å². The lowest BCUT2D eigenvalue weighted by Crippen LogP contribution is -2.41. The molecule has 19 heavy (non-hydrogen) atoms. The fourth-order valence-corrected chi connectivity index (χ4v) is 2.58. The molecule has 1 aromatic carbocycles. The fourth-order valence-electron chi connectivity index (χ4n) is 2.58. The molecular formula is C15H19O4. The van der Waals surface area contributed by atoms with E-state index < -0.39 is 5.60 Å². The predicted octanol–water partition coefficient (Wildman–Crippen LogP) is 2.48. The number of rotatable bonds is 3. The molecule has 4 heteroatoms. The highest BCUT2D eigenvalue weighted by molar-refractivity contribution is 5.58. The zero-order valence-corrected chi connectivity index (χ0v) is 11.8. The molecule has 2 rings (SSSR count). The molecule has 0 saturated heterocycles. The number of hydrogen-bond acceptors (Lipinski definition) is 4. The van der Waals surface area contributed by atoms with E-state index in [9.17, 15) is 9.90 Å². The molecular weight excluding hydrogens is 244 g/mol. The van der Waals surface area contributed by atoms with Gasteiger partial charge >= 0.3 is 6.47 Å². The summed E-state index contributed by atoms with van der Waals surface area (Å²) in [6.07, 6.45) is 1.54. The van der Waals surface area contributed by atoms with Crippen LogP contribution in [0.4, 0.5) is 0 Å². The number of fused-ring (bicyclic) bond motifs is 1. The summed E-state index contributed by atoms with van der Waals surface area (Å²) in [6, 6.07) is 0. The van der Waals surface area contributed by atoms with Gasteiger partial charge in [0.25, 0.3) is 0 Å². The minimum atomic E-state index is -0.523. The highest BCUT2D eigenvalue weighted by Crippen LogP contribution is 2.43. The molecule has 0 saturated carbocycles. The normalized spacial score (nSPS) is 21.5. The predicted molar refractivity (Wildman–Crippen MR) is 71.3 cm³/mol. The Labute approximate surface area is 113 Å². The number of phenolic OH excluding ortho intramolecular Hbond substituents is 1. The van der Waals surface area contributed by atoms with Gasteiger partial charge in [-0.25, -0.2) is 4.79 Å². The lowest BCUT2D eigenvalue weighted by Gasteiger charge is -2.36. The average Bonchev–Trinajstić information content (AvgIpc) is 2.40. The van der Waals surface area contributed by atoms with Crippen LogP contribution in [0.25, 0.3) is 0 Å². The van der Waals surface area contributed by atoms with Gasteiger partial charge in [0.2, 0.25) is 0 Å². The van der Waals surface area contributed by atoms with Gasteiger partial charge in [-0.05, 0) is 57.2 Å². The van der Waals surface area contributed by atoms with Crippen LogP contribution in [0.3, 0.4) is 0 Å². The van der Waals surface area contributed by atoms with Gasteiger partial charge in [-0.2, -0.15) is 0 Å². The summed E-state index contributed by atoms with van der Waals surface area (Å²) in [7, 11) is 0. The molecule has 1 radical (unpaired) electrons. The Morgan fingerprint density at radius 3 is 2.63 bits per heavy atom. The van der Waals surface area contributed by atoms with Gasteiger partial charge in [-0.15, -0.1) is 0 Å². The Kier molecular flexibility index (Phi) is 3.43. The van der Waals surface area contributed by atoms with Gasteiger partial charge in [0.15, 0.2) is 0 Å². The summed E-state index contributed by atoms with van der Waals surface area (Å²) in [6.45, 7) is 9.27. The van der Waals surface area contributed by atoms with E-state index in [1.54, 1.807) is 0 Å². The van der Waals surface area contributed by atoms with Crippen LogP contribution in [0.15, 0.2) is 0 Å². The van der Waals surface area contributed by atoms with Gasteiger partial charge in [-0.3, -0.25) is 0 Å². The highest BCUT2D eigenvalue weighted by Gasteiger charge is 2.35. The largest absolute Gasteiger partial charge is 0.507 e. The fraction of sp³-hybridized carbons (Fsp3) is 0.533. The third-order valence-electron chi connectivity index (χ3n) is 4.03. The van der Waals surface area contributed by atoms with Crippen molar-refractivity contribution >= 4 is 6.47 Å². The van der Waals surface area contributed by atoms with Gasteiger partial charge in [0, 0.05) is 5.56 Å². The minimum absolute atomic E-state index is 0.189. The van der Waals surface area contributed by atoms with Crippen molar-refractivity contribution in [3.63, 3.8) is 0 Å². The molecule has 0 amide bonds. The van der Waals surface area contributed by atoms with Crippen molar-refractivity contribution in [2.24, 2.45) is 0 Å². The monoisotopic (exact) mass is 263 g/mol. The van der Waals surface area contributed by atoms with Crippen LogP contribution in [0.5, 0.6) is 11.5 Å². The number of carbonyl (C=O) groups excluding carboxylic acids is 1. The quantitative estimate of drug-likeness (QED) is 0.910. The number of ether oxygens (including phenoxy) is 2. The molecule has 1 aliphatic rings. The summed E-state index contributed by atoms with van der Waals surface area (Å²) < 4.78 is 10.8. The Morgan fingerprint density at radius 1 is 1.32 bits per heavy atom. The summed E-state index contributed by atoms with van der Waals surface area (Å²) in [4.78, 5) is 10.2. The third kappa shape index (κ3) is 2.27. The molecule has 0 fully saturated rings. The van der Waals surface area contributed by atoms with Crippen molar-refractivity contribution < 1.29 is 19.4 Å². The van der Waals surface area contributed by atoms with Crippen molar-refractivity contribution in [2.45, 2.75) is 46.1 Å². The number of benzene rings is 1. The smallest absolute Gasteiger partial charge is 0.417 e. The van der Waals surface area contributed by atoms with E-state index in [2.05, 4.69) is 0 Å². The average molecular weight is 263 g/mol. The second-order valence-corrected chi connectivity index (χ2v) is 5.46. The molecule has 0 unspecified atom stereocenters. The number of hydrogen-bond donors (Lipinski definition) is 1. The van der Waals surface area contributed by atoms with Crippen molar-refractivity contribution in [3.8, 4) is 11.5 Å². The van der Waals surface area contributed by atoms with Gasteiger partial charge < -0.3 is 14.6 Å². The van der Waals surface area contributed by atoms with Crippen LogP contribution >= 0.6 is 0 Å². The molecule has 1 N–H and O–H groups in total. The number of phenols is 1. The van der Waals surface area contributed by atoms with Crippen LogP contribution in [0, 0.1) is 20.8 Å². The van der Waals surface area contributed by atoms with E-state index in [1.807, 2.05) is 27.7 Å². The zero-order valence-electron chi connectivity index (χ0n) is 11.8. The second kappa shape index (κ2) is 4.76. The zero-order chi connectivity index (χ0) is 14.2. The Hall–Kier alpha value is -1.71. The van der Waals surface area contributed by atoms with Crippen LogP contribution in [0.2, 0.25) is 0 Å². The van der Waals surface area contributed by atoms with Crippen LogP contribution in [-0.4, -0.2) is 23.8 Å². The first kappa shape index (κ1) is 13.7. The first-order valence-corrected chi connectivity index (χ1v) is 6.39. The Balaban J connectivity index is 2.43. The van der Waals surface area contributed by atoms with Crippen LogP contribution in [0.1, 0.15) is 35.6 Å². The van der Waals surface area contributed by atoms with E-state index in [1.165, 1.54) is 6.47 Å². The molecule has 0 bridgehead atoms. The maximum atomic E-state index is 10.2. The first-order valence-electron chi connectivity index (χ1n) is 6.39. The lowest BCUT2D eigenvalue weighted by atomic mass is 9.87. The van der Waals surface area contributed by atoms with Gasteiger partial charge in [0.05, 0.1) is 0 Å². The SMILES string of the molecule is Cc1c(C)c2c(c(C)c1O)CC[C@](C)(CO[C]=O)O2. The standard InChI is InChI=1S/C15H19O4/c1-9-10(2)14-12(11(3)13(9)17)5-6-15(4,19-14)7-18-8-16/h17H,5-7H2,1-4H3/t15-/m1/s1. The highest BCUT2D eigenvalue weighted by atomic mass is 16.6. The second-order valence-electron chi connectivity index (χ2n) is 5.46. The Morgan fingerprint density at radius 2 is 2.00 bits per heavy atom. The van der Waals surface area contributed by atoms with Gasteiger partial charge in [-0.1, -0.05) is 0 Å². The summed E-state index contributed by atoms with van der Waals surface area (Å²) in [5, 5.41) is 10.1. The Bertz CT molecular complexity index is 522. The first-order chi connectivity index (χ1) is 8.89.